The minimum Gasteiger partial charge on any atom is -0.469 e. The molecule has 0 fully saturated rings. The van der Waals surface area contributed by atoms with Crippen LogP contribution >= 0.6 is 0 Å². The number of carbonyl (C=O) groups is 1. The highest BCUT2D eigenvalue weighted by atomic mass is 16.5. The average Bonchev–Trinajstić information content (AvgIpc) is 2.38. The molecule has 1 aromatic rings. The van der Waals surface area contributed by atoms with E-state index in [-0.39, 0.29) is 5.97 Å². The second-order valence-electron chi connectivity index (χ2n) is 4.53. The number of hydrogen-bond acceptors (Lipinski definition) is 2. The molecule has 2 heteroatoms. The van der Waals surface area contributed by atoms with E-state index in [0.717, 1.165) is 17.5 Å². The van der Waals surface area contributed by atoms with Crippen LogP contribution in [0.3, 0.4) is 0 Å². The standard InChI is InChI=1S/C15H20O2/c1-5-12-7-9-13(10-8-12)11-15(3,6-2)14(16)17-4/h5,7-10H,1,6,11H2,2-4H3. The summed E-state index contributed by atoms with van der Waals surface area (Å²) in [6, 6.07) is 8.09. The minimum absolute atomic E-state index is 0.146. The molecule has 0 saturated heterocycles. The van der Waals surface area contributed by atoms with Crippen LogP contribution in [0.1, 0.15) is 31.4 Å². The van der Waals surface area contributed by atoms with Gasteiger partial charge >= 0.3 is 5.97 Å². The van der Waals surface area contributed by atoms with E-state index in [4.69, 9.17) is 4.74 Å². The first kappa shape index (κ1) is 13.5. The summed E-state index contributed by atoms with van der Waals surface area (Å²) in [4.78, 5) is 11.8. The van der Waals surface area contributed by atoms with Crippen molar-refractivity contribution in [2.24, 2.45) is 5.41 Å². The molecule has 0 N–H and O–H groups in total. The van der Waals surface area contributed by atoms with Gasteiger partial charge in [0.05, 0.1) is 12.5 Å². The van der Waals surface area contributed by atoms with Crippen molar-refractivity contribution >= 4 is 12.0 Å². The normalized spacial score (nSPS) is 13.8. The molecular weight excluding hydrogens is 212 g/mol. The van der Waals surface area contributed by atoms with Crippen molar-refractivity contribution in [1.29, 1.82) is 0 Å². The smallest absolute Gasteiger partial charge is 0.311 e. The van der Waals surface area contributed by atoms with Crippen LogP contribution in [0.4, 0.5) is 0 Å². The van der Waals surface area contributed by atoms with Gasteiger partial charge in [-0.05, 0) is 30.9 Å². The van der Waals surface area contributed by atoms with Gasteiger partial charge in [-0.25, -0.2) is 0 Å². The molecule has 17 heavy (non-hydrogen) atoms. The molecule has 0 radical (unpaired) electrons. The van der Waals surface area contributed by atoms with Gasteiger partial charge < -0.3 is 4.74 Å². The molecule has 0 aromatic heterocycles. The summed E-state index contributed by atoms with van der Waals surface area (Å²) in [5, 5.41) is 0. The van der Waals surface area contributed by atoms with Crippen LogP contribution in [0.25, 0.3) is 6.08 Å². The summed E-state index contributed by atoms with van der Waals surface area (Å²) in [5.41, 5.74) is 1.79. The van der Waals surface area contributed by atoms with Crippen molar-refractivity contribution < 1.29 is 9.53 Å². The fourth-order valence-corrected chi connectivity index (χ4v) is 1.81. The zero-order valence-electron chi connectivity index (χ0n) is 10.8. The first-order valence-corrected chi connectivity index (χ1v) is 5.85. The molecule has 1 aromatic carbocycles. The Balaban J connectivity index is 2.86. The molecule has 0 aliphatic rings. The maximum atomic E-state index is 11.8. The molecule has 0 aliphatic carbocycles. The number of ether oxygens (including phenoxy) is 1. The maximum absolute atomic E-state index is 11.8. The van der Waals surface area contributed by atoms with Crippen molar-refractivity contribution in [1.82, 2.24) is 0 Å². The van der Waals surface area contributed by atoms with Crippen molar-refractivity contribution in [3.05, 3.63) is 42.0 Å². The number of carbonyl (C=O) groups excluding carboxylic acids is 1. The van der Waals surface area contributed by atoms with E-state index < -0.39 is 5.41 Å². The van der Waals surface area contributed by atoms with Gasteiger partial charge in [0.25, 0.3) is 0 Å². The predicted octanol–water partition coefficient (Wildman–Crippen LogP) is 3.46. The van der Waals surface area contributed by atoms with E-state index in [9.17, 15) is 4.79 Å². The van der Waals surface area contributed by atoms with Crippen molar-refractivity contribution in [2.75, 3.05) is 7.11 Å². The lowest BCUT2D eigenvalue weighted by Crippen LogP contribution is -2.30. The lowest BCUT2D eigenvalue weighted by molar-refractivity contribution is -0.151. The fourth-order valence-electron chi connectivity index (χ4n) is 1.81. The summed E-state index contributed by atoms with van der Waals surface area (Å²) in [7, 11) is 1.44. The number of hydrogen-bond donors (Lipinski definition) is 0. The van der Waals surface area contributed by atoms with Crippen LogP contribution in [0.15, 0.2) is 30.8 Å². The van der Waals surface area contributed by atoms with E-state index in [1.54, 1.807) is 0 Å². The third-order valence-corrected chi connectivity index (χ3v) is 3.27. The van der Waals surface area contributed by atoms with Crippen LogP contribution in [-0.4, -0.2) is 13.1 Å². The summed E-state index contributed by atoms with van der Waals surface area (Å²) in [6.07, 6.45) is 3.28. The molecule has 0 spiro atoms. The van der Waals surface area contributed by atoms with E-state index in [0.29, 0.717) is 6.42 Å². The van der Waals surface area contributed by atoms with Crippen LogP contribution in [0.5, 0.6) is 0 Å². The van der Waals surface area contributed by atoms with E-state index in [2.05, 4.69) is 6.58 Å². The number of esters is 1. The van der Waals surface area contributed by atoms with Crippen molar-refractivity contribution in [3.8, 4) is 0 Å². The van der Waals surface area contributed by atoms with Gasteiger partial charge in [0, 0.05) is 0 Å². The Morgan fingerprint density at radius 3 is 2.41 bits per heavy atom. The third-order valence-electron chi connectivity index (χ3n) is 3.27. The SMILES string of the molecule is C=Cc1ccc(CC(C)(CC)C(=O)OC)cc1. The zero-order chi connectivity index (χ0) is 12.9. The molecule has 2 nitrogen and oxygen atoms in total. The Bertz CT molecular complexity index is 392. The Morgan fingerprint density at radius 1 is 1.41 bits per heavy atom. The topological polar surface area (TPSA) is 26.3 Å². The van der Waals surface area contributed by atoms with E-state index >= 15 is 0 Å². The molecule has 92 valence electrons. The van der Waals surface area contributed by atoms with Gasteiger partial charge in [0.1, 0.15) is 0 Å². The van der Waals surface area contributed by atoms with Gasteiger partial charge in [-0.1, -0.05) is 43.8 Å². The van der Waals surface area contributed by atoms with Crippen LogP contribution in [0.2, 0.25) is 0 Å². The summed E-state index contributed by atoms with van der Waals surface area (Å²) >= 11 is 0. The molecule has 0 bridgehead atoms. The zero-order valence-corrected chi connectivity index (χ0v) is 10.8. The lowest BCUT2D eigenvalue weighted by Gasteiger charge is -2.25. The molecule has 0 heterocycles. The molecule has 1 atom stereocenters. The van der Waals surface area contributed by atoms with Gasteiger partial charge in [-0.2, -0.15) is 0 Å². The molecular formula is C15H20O2. The Morgan fingerprint density at radius 2 is 2.00 bits per heavy atom. The molecule has 1 unspecified atom stereocenters. The number of benzene rings is 1. The molecule has 0 amide bonds. The number of rotatable bonds is 5. The second kappa shape index (κ2) is 5.67. The Labute approximate surface area is 103 Å². The summed E-state index contributed by atoms with van der Waals surface area (Å²) in [5.74, 6) is -0.146. The van der Waals surface area contributed by atoms with E-state index in [1.807, 2.05) is 44.2 Å². The third kappa shape index (κ3) is 3.19. The largest absolute Gasteiger partial charge is 0.469 e. The highest BCUT2D eigenvalue weighted by Gasteiger charge is 2.32. The highest BCUT2D eigenvalue weighted by Crippen LogP contribution is 2.28. The van der Waals surface area contributed by atoms with Gasteiger partial charge in [0.2, 0.25) is 0 Å². The van der Waals surface area contributed by atoms with Crippen molar-refractivity contribution in [2.45, 2.75) is 26.7 Å². The van der Waals surface area contributed by atoms with Gasteiger partial charge in [0.15, 0.2) is 0 Å². The lowest BCUT2D eigenvalue weighted by atomic mass is 9.81. The quantitative estimate of drug-likeness (QED) is 0.727. The van der Waals surface area contributed by atoms with Crippen LogP contribution in [-0.2, 0) is 16.0 Å². The van der Waals surface area contributed by atoms with Crippen LogP contribution in [0, 0.1) is 5.41 Å². The highest BCUT2D eigenvalue weighted by molar-refractivity contribution is 5.76. The Hall–Kier alpha value is -1.57. The van der Waals surface area contributed by atoms with Gasteiger partial charge in [-0.15, -0.1) is 0 Å². The van der Waals surface area contributed by atoms with Gasteiger partial charge in [-0.3, -0.25) is 4.79 Å². The Kier molecular flexibility index (Phi) is 4.50. The van der Waals surface area contributed by atoms with Crippen LogP contribution < -0.4 is 0 Å². The second-order valence-corrected chi connectivity index (χ2v) is 4.53. The average molecular weight is 232 g/mol. The molecule has 0 aliphatic heterocycles. The first-order chi connectivity index (χ1) is 8.05. The summed E-state index contributed by atoms with van der Waals surface area (Å²) < 4.78 is 4.87. The molecule has 0 saturated carbocycles. The van der Waals surface area contributed by atoms with Crippen molar-refractivity contribution in [3.63, 3.8) is 0 Å². The molecule has 1 rings (SSSR count). The number of methoxy groups -OCH3 is 1. The minimum atomic E-state index is -0.440. The first-order valence-electron chi connectivity index (χ1n) is 5.85. The van der Waals surface area contributed by atoms with E-state index in [1.165, 1.54) is 7.11 Å². The summed E-state index contributed by atoms with van der Waals surface area (Å²) in [6.45, 7) is 7.67. The fraction of sp³-hybridized carbons (Fsp3) is 0.400. The monoisotopic (exact) mass is 232 g/mol. The maximum Gasteiger partial charge on any atom is 0.311 e. The predicted molar refractivity (Wildman–Crippen MR) is 70.7 cm³/mol.